The summed E-state index contributed by atoms with van der Waals surface area (Å²) in [5.41, 5.74) is 0.793. The minimum atomic E-state index is -1.07. The Kier molecular flexibility index (Phi) is 8.66. The van der Waals surface area contributed by atoms with E-state index in [0.29, 0.717) is 23.6 Å². The van der Waals surface area contributed by atoms with Crippen LogP contribution in [-0.2, 0) is 9.53 Å². The molecule has 0 fully saturated rings. The third-order valence-electron chi connectivity index (χ3n) is 5.00. The van der Waals surface area contributed by atoms with Crippen molar-refractivity contribution >= 4 is 28.9 Å². The molecule has 1 unspecified atom stereocenters. The predicted octanol–water partition coefficient (Wildman–Crippen LogP) is 4.47. The molecule has 0 saturated heterocycles. The zero-order chi connectivity index (χ0) is 25.2. The van der Waals surface area contributed by atoms with Crippen molar-refractivity contribution in [2.45, 2.75) is 19.4 Å². The number of rotatable bonds is 12. The van der Waals surface area contributed by atoms with Gasteiger partial charge in [-0.3, -0.25) is 19.7 Å². The molecule has 3 aromatic carbocycles. The molecule has 0 aliphatic carbocycles. The van der Waals surface area contributed by atoms with Crippen molar-refractivity contribution in [2.75, 3.05) is 18.5 Å². The lowest BCUT2D eigenvalue weighted by Crippen LogP contribution is -2.34. The fourth-order valence-corrected chi connectivity index (χ4v) is 3.25. The Hall–Kier alpha value is -4.53. The van der Waals surface area contributed by atoms with Crippen molar-refractivity contribution in [1.29, 1.82) is 0 Å². The van der Waals surface area contributed by atoms with Gasteiger partial charge in [0.1, 0.15) is 11.8 Å². The molecule has 0 bridgehead atoms. The van der Waals surface area contributed by atoms with Gasteiger partial charge in [-0.2, -0.15) is 0 Å². The Morgan fingerprint density at radius 1 is 0.914 bits per heavy atom. The number of non-ortho nitro benzene ring substituents is 1. The Bertz CT molecular complexity index is 1190. The Labute approximate surface area is 201 Å². The largest absolute Gasteiger partial charge is 0.494 e. The number of benzene rings is 3. The average molecular weight is 476 g/mol. The number of nitro benzene ring substituents is 1. The average Bonchev–Trinajstić information content (AvgIpc) is 2.88. The Balaban J connectivity index is 1.72. The second kappa shape index (κ2) is 12.1. The number of nitro groups is 1. The Morgan fingerprint density at radius 2 is 1.60 bits per heavy atom. The van der Waals surface area contributed by atoms with Gasteiger partial charge in [-0.1, -0.05) is 42.5 Å². The van der Waals surface area contributed by atoms with Crippen molar-refractivity contribution in [3.8, 4) is 5.75 Å². The fraction of sp³-hybridized carbons (Fsp3) is 0.192. The maximum atomic E-state index is 12.9. The molecule has 3 aromatic rings. The van der Waals surface area contributed by atoms with E-state index >= 15 is 0 Å². The highest BCUT2D eigenvalue weighted by Crippen LogP contribution is 2.19. The minimum absolute atomic E-state index is 0.0448. The lowest BCUT2D eigenvalue weighted by molar-refractivity contribution is -0.384. The molecule has 1 N–H and O–H groups in total. The number of hydrogen-bond donors (Lipinski definition) is 1. The van der Waals surface area contributed by atoms with E-state index in [9.17, 15) is 24.5 Å². The monoisotopic (exact) mass is 476 g/mol. The van der Waals surface area contributed by atoms with E-state index in [0.717, 1.165) is 6.07 Å². The van der Waals surface area contributed by atoms with Gasteiger partial charge in [-0.15, -0.1) is 0 Å². The number of ether oxygens (including phenoxy) is 2. The molecule has 0 radical (unpaired) electrons. The maximum Gasteiger partial charge on any atom is 0.329 e. The molecule has 0 aromatic heterocycles. The van der Waals surface area contributed by atoms with Crippen LogP contribution in [0.2, 0.25) is 0 Å². The highest BCUT2D eigenvalue weighted by molar-refractivity contribution is 6.01. The number of nitrogens with zero attached hydrogens (tertiary/aromatic N) is 1. The van der Waals surface area contributed by atoms with E-state index in [1.54, 1.807) is 54.6 Å². The summed E-state index contributed by atoms with van der Waals surface area (Å²) in [5.74, 6) is -1.03. The maximum absolute atomic E-state index is 12.9. The molecular weight excluding hydrogens is 452 g/mol. The third-order valence-corrected chi connectivity index (χ3v) is 5.00. The lowest BCUT2D eigenvalue weighted by atomic mass is 10.0. The van der Waals surface area contributed by atoms with E-state index in [-0.39, 0.29) is 23.5 Å². The van der Waals surface area contributed by atoms with Crippen molar-refractivity contribution in [1.82, 2.24) is 0 Å². The summed E-state index contributed by atoms with van der Waals surface area (Å²) in [6.07, 6.45) is -0.207. The Morgan fingerprint density at radius 3 is 2.26 bits per heavy atom. The first kappa shape index (κ1) is 25.1. The van der Waals surface area contributed by atoms with Gasteiger partial charge in [0, 0.05) is 35.4 Å². The van der Waals surface area contributed by atoms with Crippen LogP contribution in [-0.4, -0.2) is 41.7 Å². The second-order valence-electron chi connectivity index (χ2n) is 7.49. The minimum Gasteiger partial charge on any atom is -0.494 e. The molecule has 9 nitrogen and oxygen atoms in total. The first-order chi connectivity index (χ1) is 16.9. The van der Waals surface area contributed by atoms with Gasteiger partial charge in [0.15, 0.2) is 12.4 Å². The van der Waals surface area contributed by atoms with Gasteiger partial charge in [-0.05, 0) is 31.2 Å². The summed E-state index contributed by atoms with van der Waals surface area (Å²) in [6.45, 7) is 1.75. The molecule has 180 valence electrons. The molecule has 35 heavy (non-hydrogen) atoms. The van der Waals surface area contributed by atoms with Gasteiger partial charge in [0.25, 0.3) is 5.69 Å². The predicted molar refractivity (Wildman–Crippen MR) is 129 cm³/mol. The lowest BCUT2D eigenvalue weighted by Gasteiger charge is -2.18. The normalized spacial score (nSPS) is 11.2. The van der Waals surface area contributed by atoms with Gasteiger partial charge in [-0.25, -0.2) is 4.79 Å². The fourth-order valence-electron chi connectivity index (χ4n) is 3.25. The number of ketones is 2. The molecule has 0 spiro atoms. The van der Waals surface area contributed by atoms with E-state index in [4.69, 9.17) is 9.47 Å². The highest BCUT2D eigenvalue weighted by atomic mass is 16.6. The van der Waals surface area contributed by atoms with Gasteiger partial charge < -0.3 is 14.8 Å². The quantitative estimate of drug-likeness (QED) is 0.176. The summed E-state index contributed by atoms with van der Waals surface area (Å²) in [7, 11) is 0. The molecule has 9 heteroatoms. The summed E-state index contributed by atoms with van der Waals surface area (Å²) in [4.78, 5) is 48.4. The van der Waals surface area contributed by atoms with Gasteiger partial charge in [0.05, 0.1) is 11.5 Å². The highest BCUT2D eigenvalue weighted by Gasteiger charge is 2.25. The van der Waals surface area contributed by atoms with Crippen LogP contribution < -0.4 is 10.1 Å². The zero-order valence-electron chi connectivity index (χ0n) is 19.0. The molecule has 0 aliphatic rings. The summed E-state index contributed by atoms with van der Waals surface area (Å²) >= 11 is 0. The summed E-state index contributed by atoms with van der Waals surface area (Å²) in [5, 5.41) is 13.9. The number of anilines is 1. The topological polar surface area (TPSA) is 125 Å². The van der Waals surface area contributed by atoms with Crippen LogP contribution >= 0.6 is 0 Å². The van der Waals surface area contributed by atoms with Crippen molar-refractivity contribution in [3.63, 3.8) is 0 Å². The first-order valence-electron chi connectivity index (χ1n) is 10.9. The smallest absolute Gasteiger partial charge is 0.329 e. The van der Waals surface area contributed by atoms with E-state index in [1.807, 2.05) is 6.92 Å². The number of carbonyl (C=O) groups excluding carboxylic acids is 3. The van der Waals surface area contributed by atoms with Crippen LogP contribution in [0, 0.1) is 10.1 Å². The summed E-state index contributed by atoms with van der Waals surface area (Å²) < 4.78 is 10.6. The second-order valence-corrected chi connectivity index (χ2v) is 7.49. The summed E-state index contributed by atoms with van der Waals surface area (Å²) in [6, 6.07) is 19.4. The van der Waals surface area contributed by atoms with Gasteiger partial charge in [0.2, 0.25) is 5.78 Å². The molecule has 0 saturated carbocycles. The van der Waals surface area contributed by atoms with E-state index < -0.39 is 29.3 Å². The molecule has 0 amide bonds. The van der Waals surface area contributed by atoms with Crippen LogP contribution in [0.25, 0.3) is 0 Å². The van der Waals surface area contributed by atoms with Crippen molar-refractivity contribution in [3.05, 3.63) is 100 Å². The standard InChI is InChI=1S/C26H24N2O7/c1-2-34-22-13-11-20(12-14-22)27-23(16-24(29)18-7-4-3-5-8-18)26(31)35-17-25(30)19-9-6-10-21(15-19)28(32)33/h3-15,23,27H,2,16-17H2,1H3. The van der Waals surface area contributed by atoms with Crippen LogP contribution in [0.4, 0.5) is 11.4 Å². The van der Waals surface area contributed by atoms with Crippen LogP contribution in [0.5, 0.6) is 5.75 Å². The molecule has 0 heterocycles. The molecule has 1 atom stereocenters. The zero-order valence-corrected chi connectivity index (χ0v) is 19.0. The van der Waals surface area contributed by atoms with E-state index in [1.165, 1.54) is 18.2 Å². The van der Waals surface area contributed by atoms with Crippen LogP contribution in [0.3, 0.4) is 0 Å². The molecular formula is C26H24N2O7. The van der Waals surface area contributed by atoms with E-state index in [2.05, 4.69) is 5.32 Å². The first-order valence-corrected chi connectivity index (χ1v) is 10.9. The van der Waals surface area contributed by atoms with Crippen molar-refractivity contribution < 1.29 is 28.8 Å². The number of Topliss-reactive ketones (excluding diaryl/α,β-unsaturated/α-hetero) is 2. The van der Waals surface area contributed by atoms with Crippen LogP contribution in [0.1, 0.15) is 34.1 Å². The van der Waals surface area contributed by atoms with Crippen molar-refractivity contribution in [2.24, 2.45) is 0 Å². The number of hydrogen-bond acceptors (Lipinski definition) is 8. The van der Waals surface area contributed by atoms with Gasteiger partial charge >= 0.3 is 5.97 Å². The van der Waals surface area contributed by atoms with Crippen LogP contribution in [0.15, 0.2) is 78.9 Å². The number of esters is 1. The number of carbonyl (C=O) groups is 3. The molecule has 3 rings (SSSR count). The SMILES string of the molecule is CCOc1ccc(NC(CC(=O)c2ccccc2)C(=O)OCC(=O)c2cccc([N+](=O)[O-])c2)cc1. The molecule has 0 aliphatic heterocycles. The number of nitrogens with one attached hydrogen (secondary N) is 1. The third kappa shape index (κ3) is 7.23.